The summed E-state index contributed by atoms with van der Waals surface area (Å²) in [6.07, 6.45) is 4.58. The molecule has 2 aliphatic rings. The first-order valence-electron chi connectivity index (χ1n) is 8.43. The van der Waals surface area contributed by atoms with Crippen molar-refractivity contribution in [3.8, 4) is 0 Å². The molecule has 4 nitrogen and oxygen atoms in total. The van der Waals surface area contributed by atoms with Crippen LogP contribution in [0.2, 0.25) is 0 Å². The molecule has 1 aromatic heterocycles. The van der Waals surface area contributed by atoms with E-state index in [0.717, 1.165) is 29.1 Å². The zero-order valence-corrected chi connectivity index (χ0v) is 16.8. The van der Waals surface area contributed by atoms with Crippen LogP contribution in [0.15, 0.2) is 20.1 Å². The van der Waals surface area contributed by atoms with Crippen LogP contribution in [-0.2, 0) is 10.0 Å². The van der Waals surface area contributed by atoms with Gasteiger partial charge in [0.25, 0.3) is 10.0 Å². The van der Waals surface area contributed by atoms with Gasteiger partial charge in [-0.2, -0.15) is 4.31 Å². The predicted molar refractivity (Wildman–Crippen MR) is 98.3 cm³/mol. The Morgan fingerprint density at radius 1 is 1.13 bits per heavy atom. The number of piperidine rings is 2. The van der Waals surface area contributed by atoms with Gasteiger partial charge in [0.05, 0.1) is 3.79 Å². The molecule has 0 aliphatic carbocycles. The molecule has 130 valence electrons. The number of likely N-dealkylation sites (tertiary alicyclic amines) is 1. The fraction of sp³-hybridized carbons (Fsp3) is 0.750. The third-order valence-corrected chi connectivity index (χ3v) is 9.10. The van der Waals surface area contributed by atoms with E-state index in [1.807, 2.05) is 6.07 Å². The molecular weight excluding hydrogens is 396 g/mol. The molecule has 3 heterocycles. The number of sulfonamides is 1. The summed E-state index contributed by atoms with van der Waals surface area (Å²) >= 11 is 4.64. The minimum absolute atomic E-state index is 0.452. The van der Waals surface area contributed by atoms with Crippen molar-refractivity contribution < 1.29 is 8.42 Å². The van der Waals surface area contributed by atoms with E-state index in [4.69, 9.17) is 0 Å². The Morgan fingerprint density at radius 2 is 1.78 bits per heavy atom. The molecule has 0 saturated carbocycles. The first kappa shape index (κ1) is 17.9. The van der Waals surface area contributed by atoms with E-state index in [1.165, 1.54) is 37.3 Å². The summed E-state index contributed by atoms with van der Waals surface area (Å²) in [5, 5.41) is 0. The molecule has 0 amide bonds. The van der Waals surface area contributed by atoms with Gasteiger partial charge >= 0.3 is 0 Å². The average molecular weight is 421 g/mol. The highest BCUT2D eigenvalue weighted by Crippen LogP contribution is 2.31. The minimum Gasteiger partial charge on any atom is -0.303 e. The Hall–Kier alpha value is 0.0500. The summed E-state index contributed by atoms with van der Waals surface area (Å²) in [5.74, 6) is 1.51. The van der Waals surface area contributed by atoms with Gasteiger partial charge in [0.1, 0.15) is 4.21 Å². The highest BCUT2D eigenvalue weighted by Gasteiger charge is 2.31. The minimum atomic E-state index is -3.30. The number of hydrogen-bond donors (Lipinski definition) is 0. The standard InChI is InChI=1S/C16H25BrN2O2S2/c1-13-4-8-18(9-5-13)12-14-6-10-19(11-7-14)23(20,21)16-3-2-15(17)22-16/h2-3,13-14H,4-12H2,1H3. The van der Waals surface area contributed by atoms with Crippen molar-refractivity contribution in [2.75, 3.05) is 32.7 Å². The molecule has 0 radical (unpaired) electrons. The Bertz CT molecular complexity index is 616. The normalized spacial score (nSPS) is 23.4. The van der Waals surface area contributed by atoms with E-state index in [2.05, 4.69) is 27.8 Å². The molecule has 2 fully saturated rings. The molecule has 2 saturated heterocycles. The molecule has 1 aromatic rings. The van der Waals surface area contributed by atoms with E-state index in [0.29, 0.717) is 23.2 Å². The van der Waals surface area contributed by atoms with Crippen LogP contribution >= 0.6 is 27.3 Å². The van der Waals surface area contributed by atoms with Crippen LogP contribution < -0.4 is 0 Å². The summed E-state index contributed by atoms with van der Waals surface area (Å²) < 4.78 is 28.3. The lowest BCUT2D eigenvalue weighted by Crippen LogP contribution is -2.43. The molecular formula is C16H25BrN2O2S2. The van der Waals surface area contributed by atoms with Gasteiger partial charge in [-0.3, -0.25) is 0 Å². The molecule has 7 heteroatoms. The molecule has 0 unspecified atom stereocenters. The third kappa shape index (κ3) is 4.37. The van der Waals surface area contributed by atoms with E-state index in [-0.39, 0.29) is 0 Å². The van der Waals surface area contributed by atoms with E-state index < -0.39 is 10.0 Å². The first-order chi connectivity index (χ1) is 10.9. The zero-order chi connectivity index (χ0) is 16.4. The summed E-state index contributed by atoms with van der Waals surface area (Å²) in [6.45, 7) is 7.22. The summed E-state index contributed by atoms with van der Waals surface area (Å²) in [7, 11) is -3.30. The van der Waals surface area contributed by atoms with Gasteiger partial charge in [-0.25, -0.2) is 8.42 Å². The van der Waals surface area contributed by atoms with Crippen molar-refractivity contribution in [3.63, 3.8) is 0 Å². The molecule has 3 rings (SSSR count). The van der Waals surface area contributed by atoms with Crippen LogP contribution in [0.4, 0.5) is 0 Å². The molecule has 0 atom stereocenters. The highest BCUT2D eigenvalue weighted by atomic mass is 79.9. The second-order valence-corrected chi connectivity index (χ2v) is 11.5. The Labute approximate surface area is 152 Å². The Balaban J connectivity index is 1.52. The number of nitrogens with zero attached hydrogens (tertiary/aromatic N) is 2. The fourth-order valence-corrected chi connectivity index (χ4v) is 7.14. The SMILES string of the molecule is CC1CCN(CC2CCN(S(=O)(=O)c3ccc(Br)s3)CC2)CC1. The number of rotatable bonds is 4. The molecule has 0 bridgehead atoms. The number of hydrogen-bond acceptors (Lipinski definition) is 4. The van der Waals surface area contributed by atoms with Gasteiger partial charge in [-0.15, -0.1) is 11.3 Å². The summed E-state index contributed by atoms with van der Waals surface area (Å²) in [6, 6.07) is 3.51. The van der Waals surface area contributed by atoms with Crippen molar-refractivity contribution in [2.45, 2.75) is 36.8 Å². The highest BCUT2D eigenvalue weighted by molar-refractivity contribution is 9.11. The quantitative estimate of drug-likeness (QED) is 0.745. The van der Waals surface area contributed by atoms with Gasteiger partial charge in [0, 0.05) is 19.6 Å². The van der Waals surface area contributed by atoms with Crippen molar-refractivity contribution in [1.82, 2.24) is 9.21 Å². The summed E-state index contributed by atoms with van der Waals surface area (Å²) in [4.78, 5) is 2.57. The van der Waals surface area contributed by atoms with Gasteiger partial charge in [-0.1, -0.05) is 6.92 Å². The van der Waals surface area contributed by atoms with Gasteiger partial charge in [0.2, 0.25) is 0 Å². The van der Waals surface area contributed by atoms with E-state index >= 15 is 0 Å². The van der Waals surface area contributed by atoms with E-state index in [1.54, 1.807) is 10.4 Å². The van der Waals surface area contributed by atoms with Crippen molar-refractivity contribution in [2.24, 2.45) is 11.8 Å². The van der Waals surface area contributed by atoms with Gasteiger partial charge in [-0.05, 0) is 78.7 Å². The van der Waals surface area contributed by atoms with Crippen LogP contribution in [0.25, 0.3) is 0 Å². The maximum absolute atomic E-state index is 12.6. The number of thiophene rings is 1. The molecule has 23 heavy (non-hydrogen) atoms. The lowest BCUT2D eigenvalue weighted by atomic mass is 9.94. The largest absolute Gasteiger partial charge is 0.303 e. The van der Waals surface area contributed by atoms with Crippen molar-refractivity contribution >= 4 is 37.3 Å². The molecule has 2 aliphatic heterocycles. The zero-order valence-electron chi connectivity index (χ0n) is 13.6. The Kier molecular flexibility index (Phi) is 5.84. The Morgan fingerprint density at radius 3 is 2.35 bits per heavy atom. The van der Waals surface area contributed by atoms with Crippen molar-refractivity contribution in [1.29, 1.82) is 0 Å². The monoisotopic (exact) mass is 420 g/mol. The van der Waals surface area contributed by atoms with Crippen LogP contribution in [0.1, 0.15) is 32.6 Å². The van der Waals surface area contributed by atoms with Crippen LogP contribution in [0.5, 0.6) is 0 Å². The van der Waals surface area contributed by atoms with Crippen LogP contribution in [-0.4, -0.2) is 50.3 Å². The van der Waals surface area contributed by atoms with E-state index in [9.17, 15) is 8.42 Å². The smallest absolute Gasteiger partial charge is 0.252 e. The lowest BCUT2D eigenvalue weighted by Gasteiger charge is -2.36. The van der Waals surface area contributed by atoms with Crippen LogP contribution in [0.3, 0.4) is 0 Å². The third-order valence-electron chi connectivity index (χ3n) is 5.11. The second-order valence-electron chi connectivity index (χ2n) is 6.89. The predicted octanol–water partition coefficient (Wildman–Crippen LogP) is 3.64. The lowest BCUT2D eigenvalue weighted by molar-refractivity contribution is 0.142. The van der Waals surface area contributed by atoms with Gasteiger partial charge in [0.15, 0.2) is 0 Å². The topological polar surface area (TPSA) is 40.6 Å². The van der Waals surface area contributed by atoms with Crippen LogP contribution in [0, 0.1) is 11.8 Å². The maximum atomic E-state index is 12.6. The average Bonchev–Trinajstić information content (AvgIpc) is 2.98. The first-order valence-corrected chi connectivity index (χ1v) is 11.5. The molecule has 0 spiro atoms. The maximum Gasteiger partial charge on any atom is 0.252 e. The second kappa shape index (κ2) is 7.52. The van der Waals surface area contributed by atoms with Gasteiger partial charge < -0.3 is 4.90 Å². The summed E-state index contributed by atoms with van der Waals surface area (Å²) in [5.41, 5.74) is 0. The fourth-order valence-electron chi connectivity index (χ4n) is 3.51. The molecule has 0 N–H and O–H groups in total. The number of halogens is 1. The van der Waals surface area contributed by atoms with Crippen molar-refractivity contribution in [3.05, 3.63) is 15.9 Å². The molecule has 0 aromatic carbocycles.